The summed E-state index contributed by atoms with van der Waals surface area (Å²) in [6.07, 6.45) is 7.87. The summed E-state index contributed by atoms with van der Waals surface area (Å²) in [5.41, 5.74) is 17.1. The van der Waals surface area contributed by atoms with Gasteiger partial charge < -0.3 is 14.0 Å². The van der Waals surface area contributed by atoms with Gasteiger partial charge in [0, 0.05) is 66.0 Å². The van der Waals surface area contributed by atoms with E-state index in [-0.39, 0.29) is 0 Å². The van der Waals surface area contributed by atoms with Gasteiger partial charge >= 0.3 is 0 Å². The molecule has 3 nitrogen and oxygen atoms in total. The van der Waals surface area contributed by atoms with E-state index in [1.54, 1.807) is 0 Å². The number of hydrogen-bond acceptors (Lipinski definition) is 1. The first-order chi connectivity index (χ1) is 27.1. The minimum atomic E-state index is 0.682. The highest BCUT2D eigenvalue weighted by molar-refractivity contribution is 6.31. The summed E-state index contributed by atoms with van der Waals surface area (Å²) in [5, 5.41) is 6.73. The average Bonchev–Trinajstić information content (AvgIpc) is 3.89. The molecule has 0 unspecified atom stereocenters. The number of allylic oxidation sites excluding steroid dienone is 1. The van der Waals surface area contributed by atoms with Crippen LogP contribution in [0.2, 0.25) is 5.02 Å². The summed E-state index contributed by atoms with van der Waals surface area (Å²) >= 11 is 6.32. The number of rotatable bonds is 7. The largest absolute Gasteiger partial charge is 0.456 e. The molecule has 0 saturated heterocycles. The number of nitrogens with zero attached hydrogens (tertiary/aromatic N) is 1. The van der Waals surface area contributed by atoms with Crippen LogP contribution in [0.25, 0.3) is 88.7 Å². The van der Waals surface area contributed by atoms with Crippen LogP contribution in [-0.2, 0) is 12.8 Å². The summed E-state index contributed by atoms with van der Waals surface area (Å²) in [7, 11) is 0. The van der Waals surface area contributed by atoms with Crippen molar-refractivity contribution in [3.05, 3.63) is 179 Å². The predicted octanol–water partition coefficient (Wildman–Crippen LogP) is 14.5. The quantitative estimate of drug-likeness (QED) is 0.174. The molecule has 0 saturated carbocycles. The van der Waals surface area contributed by atoms with Crippen molar-refractivity contribution in [2.24, 2.45) is 0 Å². The number of hydrogen-bond donors (Lipinski definition) is 1. The van der Waals surface area contributed by atoms with Gasteiger partial charge in [-0.15, -0.1) is 0 Å². The fourth-order valence-corrected chi connectivity index (χ4v) is 9.09. The topological polar surface area (TPSA) is 33.9 Å². The van der Waals surface area contributed by atoms with Crippen molar-refractivity contribution >= 4 is 72.3 Å². The minimum absolute atomic E-state index is 0.682. The van der Waals surface area contributed by atoms with Gasteiger partial charge in [-0.25, -0.2) is 0 Å². The van der Waals surface area contributed by atoms with Crippen LogP contribution < -0.4 is 0 Å². The van der Waals surface area contributed by atoms with Gasteiger partial charge in [-0.3, -0.25) is 0 Å². The lowest BCUT2D eigenvalue weighted by Crippen LogP contribution is -2.05. The third-order valence-corrected chi connectivity index (χ3v) is 11.9. The molecule has 3 heterocycles. The number of H-pyrrole nitrogens is 1. The third-order valence-electron chi connectivity index (χ3n) is 11.7. The Morgan fingerprint density at radius 1 is 0.545 bits per heavy atom. The molecule has 0 atom stereocenters. The third kappa shape index (κ3) is 5.58. The Balaban J connectivity index is 0.886. The number of fused-ring (bicyclic) bond motifs is 9. The Morgan fingerprint density at radius 3 is 2.18 bits per heavy atom. The van der Waals surface area contributed by atoms with Gasteiger partial charge in [0.25, 0.3) is 0 Å². The van der Waals surface area contributed by atoms with Crippen molar-refractivity contribution in [1.29, 1.82) is 0 Å². The number of nitrogens with one attached hydrogen (secondary N) is 1. The van der Waals surface area contributed by atoms with E-state index in [1.807, 2.05) is 12.1 Å². The monoisotopic (exact) mass is 728 g/mol. The van der Waals surface area contributed by atoms with Crippen LogP contribution in [0.1, 0.15) is 36.1 Å². The number of para-hydroxylation sites is 1. The first-order valence-corrected chi connectivity index (χ1v) is 19.6. The second-order valence-electron chi connectivity index (χ2n) is 15.0. The van der Waals surface area contributed by atoms with E-state index >= 15 is 0 Å². The van der Waals surface area contributed by atoms with Crippen molar-refractivity contribution in [2.75, 3.05) is 0 Å². The van der Waals surface area contributed by atoms with E-state index in [9.17, 15) is 0 Å². The van der Waals surface area contributed by atoms with Crippen LogP contribution in [0.5, 0.6) is 0 Å². The molecule has 0 radical (unpaired) electrons. The SMILES string of the molecule is Clc1ccc2c(c1)oc1ccc(-n3c4c(c5ccc(-c6ccccc6)cc53)C=C(CCCc3ccc(-c5ccc6c(c5)[nH]c5ccccc56)cc3)CC4)cc12. The molecule has 7 aromatic carbocycles. The summed E-state index contributed by atoms with van der Waals surface area (Å²) in [5.74, 6) is 0. The van der Waals surface area contributed by atoms with Crippen LogP contribution >= 0.6 is 11.6 Å². The van der Waals surface area contributed by atoms with Crippen molar-refractivity contribution in [3.8, 4) is 27.9 Å². The molecule has 0 bridgehead atoms. The van der Waals surface area contributed by atoms with Crippen molar-refractivity contribution in [2.45, 2.75) is 32.1 Å². The number of benzene rings is 7. The Hall–Kier alpha value is -6.29. The lowest BCUT2D eigenvalue weighted by atomic mass is 9.91. The van der Waals surface area contributed by atoms with Crippen LogP contribution in [0.3, 0.4) is 0 Å². The van der Waals surface area contributed by atoms with Gasteiger partial charge in [0.15, 0.2) is 0 Å². The summed E-state index contributed by atoms with van der Waals surface area (Å²) < 4.78 is 8.71. The highest BCUT2D eigenvalue weighted by Crippen LogP contribution is 2.40. The zero-order valence-electron chi connectivity index (χ0n) is 30.3. The summed E-state index contributed by atoms with van der Waals surface area (Å²) in [6.45, 7) is 0. The van der Waals surface area contributed by atoms with Gasteiger partial charge in [0.05, 0.1) is 5.52 Å². The van der Waals surface area contributed by atoms with Crippen LogP contribution in [-0.4, -0.2) is 9.55 Å². The van der Waals surface area contributed by atoms with Gasteiger partial charge in [-0.2, -0.15) is 0 Å². The normalized spacial score (nSPS) is 13.0. The van der Waals surface area contributed by atoms with Crippen LogP contribution in [0, 0.1) is 0 Å². The zero-order chi connectivity index (χ0) is 36.5. The van der Waals surface area contributed by atoms with Crippen molar-refractivity contribution in [1.82, 2.24) is 9.55 Å². The average molecular weight is 729 g/mol. The van der Waals surface area contributed by atoms with Gasteiger partial charge in [-0.1, -0.05) is 120 Å². The molecular weight excluding hydrogens is 692 g/mol. The second-order valence-corrected chi connectivity index (χ2v) is 15.4. The molecule has 264 valence electrons. The number of halogens is 1. The molecule has 55 heavy (non-hydrogen) atoms. The molecule has 1 aliphatic carbocycles. The standard InChI is InChI=1S/C51H37ClN2O/c52-38-20-24-43-45-31-39(21-26-50(45)55-51(43)30-38)54-48-25-15-33(27-44(48)42-23-19-37(29-49(42)54)34-9-2-1-3-10-34)8-6-7-32-13-16-35(17-14-32)36-18-22-41-40-11-4-5-12-46(40)53-47(41)28-36/h1-5,9-14,16-24,26-31,53H,6-8,15,25H2. The fraction of sp³-hybridized carbons (Fsp3) is 0.0980. The maximum Gasteiger partial charge on any atom is 0.136 e. The molecular formula is C51H37ClN2O. The van der Waals surface area contributed by atoms with Crippen molar-refractivity contribution < 1.29 is 4.42 Å². The van der Waals surface area contributed by atoms with Gasteiger partial charge in [0.1, 0.15) is 11.2 Å². The molecule has 4 heteroatoms. The van der Waals surface area contributed by atoms with Gasteiger partial charge in [0.2, 0.25) is 0 Å². The second kappa shape index (κ2) is 12.9. The maximum absolute atomic E-state index is 6.32. The molecule has 1 aliphatic rings. The molecule has 10 aromatic rings. The van der Waals surface area contributed by atoms with E-state index < -0.39 is 0 Å². The van der Waals surface area contributed by atoms with E-state index in [0.717, 1.165) is 59.7 Å². The number of aromatic amines is 1. The first-order valence-electron chi connectivity index (χ1n) is 19.3. The van der Waals surface area contributed by atoms with E-state index in [0.29, 0.717) is 5.02 Å². The molecule has 0 fully saturated rings. The smallest absolute Gasteiger partial charge is 0.136 e. The maximum atomic E-state index is 6.32. The first kappa shape index (κ1) is 32.2. The Kier molecular flexibility index (Phi) is 7.56. The lowest BCUT2D eigenvalue weighted by molar-refractivity contribution is 0.669. The molecule has 11 rings (SSSR count). The lowest BCUT2D eigenvalue weighted by Gasteiger charge is -2.18. The fourth-order valence-electron chi connectivity index (χ4n) is 8.93. The Labute approximate surface area is 324 Å². The Morgan fingerprint density at radius 2 is 1.29 bits per heavy atom. The molecule has 3 aromatic heterocycles. The molecule has 1 N–H and O–H groups in total. The molecule has 0 spiro atoms. The van der Waals surface area contributed by atoms with Crippen LogP contribution in [0.15, 0.2) is 162 Å². The van der Waals surface area contributed by atoms with Crippen molar-refractivity contribution in [3.63, 3.8) is 0 Å². The highest BCUT2D eigenvalue weighted by atomic mass is 35.5. The van der Waals surface area contributed by atoms with Gasteiger partial charge in [-0.05, 0) is 108 Å². The molecule has 0 amide bonds. The minimum Gasteiger partial charge on any atom is -0.456 e. The summed E-state index contributed by atoms with van der Waals surface area (Å²) in [6, 6.07) is 54.7. The number of aryl methyl sites for hydroxylation is 1. The summed E-state index contributed by atoms with van der Waals surface area (Å²) in [4.78, 5) is 3.59. The highest BCUT2D eigenvalue weighted by Gasteiger charge is 2.22. The van der Waals surface area contributed by atoms with E-state index in [2.05, 4.69) is 155 Å². The zero-order valence-corrected chi connectivity index (χ0v) is 31.0. The Bertz CT molecular complexity index is 3120. The van der Waals surface area contributed by atoms with E-state index in [1.165, 1.54) is 77.4 Å². The van der Waals surface area contributed by atoms with E-state index in [4.69, 9.17) is 16.0 Å². The van der Waals surface area contributed by atoms with Crippen LogP contribution in [0.4, 0.5) is 0 Å². The number of furan rings is 1. The number of aromatic nitrogens is 2. The predicted molar refractivity (Wildman–Crippen MR) is 231 cm³/mol. The molecule has 0 aliphatic heterocycles.